The summed E-state index contributed by atoms with van der Waals surface area (Å²) in [5, 5.41) is 1.02. The standard InChI is InChI=1S/C16H18O2/c17-16(12-7-3-1-2-4-8-12)15-11-13-9-5-6-10-14(13)18-15/h5-6,9-12H,1-4,7-8H2. The Morgan fingerprint density at radius 2 is 1.78 bits per heavy atom. The van der Waals surface area contributed by atoms with Crippen molar-refractivity contribution in [3.63, 3.8) is 0 Å². The van der Waals surface area contributed by atoms with Crippen LogP contribution < -0.4 is 0 Å². The van der Waals surface area contributed by atoms with Crippen molar-refractivity contribution in [2.75, 3.05) is 0 Å². The quantitative estimate of drug-likeness (QED) is 0.569. The van der Waals surface area contributed by atoms with E-state index in [0.29, 0.717) is 5.76 Å². The number of hydrogen-bond acceptors (Lipinski definition) is 2. The van der Waals surface area contributed by atoms with E-state index >= 15 is 0 Å². The SMILES string of the molecule is O=C(c1cc2ccccc2o1)C1CCCCCC1. The van der Waals surface area contributed by atoms with Gasteiger partial charge in [0.2, 0.25) is 5.78 Å². The van der Waals surface area contributed by atoms with E-state index < -0.39 is 0 Å². The molecule has 1 saturated carbocycles. The summed E-state index contributed by atoms with van der Waals surface area (Å²) in [6.07, 6.45) is 6.94. The van der Waals surface area contributed by atoms with Gasteiger partial charge in [-0.1, -0.05) is 43.9 Å². The predicted molar refractivity (Wildman–Crippen MR) is 71.7 cm³/mol. The largest absolute Gasteiger partial charge is 0.453 e. The highest BCUT2D eigenvalue weighted by Crippen LogP contribution is 2.28. The van der Waals surface area contributed by atoms with Gasteiger partial charge in [0.1, 0.15) is 5.58 Å². The molecule has 0 aliphatic heterocycles. The first kappa shape index (κ1) is 11.5. The van der Waals surface area contributed by atoms with Crippen LogP contribution in [0.5, 0.6) is 0 Å². The molecule has 3 rings (SSSR count). The van der Waals surface area contributed by atoms with Crippen LogP contribution >= 0.6 is 0 Å². The van der Waals surface area contributed by atoms with Gasteiger partial charge in [0.25, 0.3) is 0 Å². The number of para-hydroxylation sites is 1. The van der Waals surface area contributed by atoms with Gasteiger partial charge in [-0.2, -0.15) is 0 Å². The zero-order valence-electron chi connectivity index (χ0n) is 10.5. The number of carbonyl (C=O) groups is 1. The fraction of sp³-hybridized carbons (Fsp3) is 0.438. The molecule has 0 spiro atoms. The second-order valence-electron chi connectivity index (χ2n) is 5.20. The molecule has 1 heterocycles. The molecule has 1 aliphatic carbocycles. The summed E-state index contributed by atoms with van der Waals surface area (Å²) in [4.78, 5) is 12.4. The summed E-state index contributed by atoms with van der Waals surface area (Å²) >= 11 is 0. The minimum absolute atomic E-state index is 0.174. The number of fused-ring (bicyclic) bond motifs is 1. The van der Waals surface area contributed by atoms with Crippen LogP contribution in [0.15, 0.2) is 34.7 Å². The first-order valence-corrected chi connectivity index (χ1v) is 6.87. The van der Waals surface area contributed by atoms with Gasteiger partial charge in [0.15, 0.2) is 5.76 Å². The minimum Gasteiger partial charge on any atom is -0.453 e. The van der Waals surface area contributed by atoms with Crippen molar-refractivity contribution < 1.29 is 9.21 Å². The molecular formula is C16H18O2. The minimum atomic E-state index is 0.174. The van der Waals surface area contributed by atoms with Crippen LogP contribution in [0, 0.1) is 5.92 Å². The lowest BCUT2D eigenvalue weighted by Gasteiger charge is -2.09. The lowest BCUT2D eigenvalue weighted by Crippen LogP contribution is -2.13. The van der Waals surface area contributed by atoms with E-state index in [1.807, 2.05) is 30.3 Å². The highest BCUT2D eigenvalue weighted by molar-refractivity contribution is 5.99. The Balaban J connectivity index is 1.86. The van der Waals surface area contributed by atoms with E-state index in [-0.39, 0.29) is 11.7 Å². The Kier molecular flexibility index (Phi) is 3.18. The number of hydrogen-bond donors (Lipinski definition) is 0. The Labute approximate surface area is 107 Å². The first-order chi connectivity index (χ1) is 8.84. The third kappa shape index (κ3) is 2.20. The Morgan fingerprint density at radius 3 is 2.50 bits per heavy atom. The number of rotatable bonds is 2. The maximum atomic E-state index is 12.4. The maximum Gasteiger partial charge on any atom is 0.201 e. The average molecular weight is 242 g/mol. The molecule has 0 bridgehead atoms. The fourth-order valence-electron chi connectivity index (χ4n) is 2.85. The highest BCUT2D eigenvalue weighted by Gasteiger charge is 2.24. The smallest absolute Gasteiger partial charge is 0.201 e. The zero-order chi connectivity index (χ0) is 12.4. The molecule has 0 N–H and O–H groups in total. The molecule has 0 amide bonds. The van der Waals surface area contributed by atoms with Gasteiger partial charge in [0.05, 0.1) is 0 Å². The molecule has 1 aliphatic rings. The van der Waals surface area contributed by atoms with Gasteiger partial charge in [-0.15, -0.1) is 0 Å². The summed E-state index contributed by atoms with van der Waals surface area (Å²) in [5.41, 5.74) is 0.814. The summed E-state index contributed by atoms with van der Waals surface area (Å²) in [6.45, 7) is 0. The Bertz CT molecular complexity index is 512. The topological polar surface area (TPSA) is 30.2 Å². The van der Waals surface area contributed by atoms with Crippen molar-refractivity contribution in [1.29, 1.82) is 0 Å². The lowest BCUT2D eigenvalue weighted by molar-refractivity contribution is 0.0881. The molecule has 1 fully saturated rings. The van der Waals surface area contributed by atoms with Gasteiger partial charge in [-0.3, -0.25) is 4.79 Å². The second kappa shape index (κ2) is 4.97. The molecule has 0 unspecified atom stereocenters. The molecule has 0 saturated heterocycles. The van der Waals surface area contributed by atoms with Crippen molar-refractivity contribution in [3.8, 4) is 0 Å². The van der Waals surface area contributed by atoms with E-state index in [0.717, 1.165) is 23.8 Å². The zero-order valence-corrected chi connectivity index (χ0v) is 10.5. The molecule has 2 nitrogen and oxygen atoms in total. The molecule has 1 aromatic carbocycles. The Morgan fingerprint density at radius 1 is 1.06 bits per heavy atom. The van der Waals surface area contributed by atoms with E-state index in [9.17, 15) is 4.79 Å². The van der Waals surface area contributed by atoms with Crippen molar-refractivity contribution in [3.05, 3.63) is 36.1 Å². The predicted octanol–water partition coefficient (Wildman–Crippen LogP) is 4.59. The van der Waals surface area contributed by atoms with Gasteiger partial charge < -0.3 is 4.42 Å². The number of Topliss-reactive ketones (excluding diaryl/α,β-unsaturated/α-hetero) is 1. The van der Waals surface area contributed by atoms with Crippen LogP contribution in [0.2, 0.25) is 0 Å². The summed E-state index contributed by atoms with van der Waals surface area (Å²) < 4.78 is 5.67. The summed E-state index contributed by atoms with van der Waals surface area (Å²) in [7, 11) is 0. The average Bonchev–Trinajstić information content (AvgIpc) is 2.64. The van der Waals surface area contributed by atoms with Crippen molar-refractivity contribution in [2.45, 2.75) is 38.5 Å². The lowest BCUT2D eigenvalue weighted by atomic mass is 9.94. The van der Waals surface area contributed by atoms with E-state index in [1.165, 1.54) is 25.7 Å². The molecular weight excluding hydrogens is 224 g/mol. The summed E-state index contributed by atoms with van der Waals surface area (Å²) in [6, 6.07) is 9.70. The molecule has 94 valence electrons. The van der Waals surface area contributed by atoms with E-state index in [1.54, 1.807) is 0 Å². The molecule has 2 heteroatoms. The first-order valence-electron chi connectivity index (χ1n) is 6.87. The molecule has 18 heavy (non-hydrogen) atoms. The highest BCUT2D eigenvalue weighted by atomic mass is 16.3. The van der Waals surface area contributed by atoms with Crippen LogP contribution in [-0.4, -0.2) is 5.78 Å². The van der Waals surface area contributed by atoms with Crippen molar-refractivity contribution >= 4 is 16.8 Å². The monoisotopic (exact) mass is 242 g/mol. The number of carbonyl (C=O) groups excluding carboxylic acids is 1. The van der Waals surface area contributed by atoms with Crippen LogP contribution in [0.3, 0.4) is 0 Å². The van der Waals surface area contributed by atoms with Gasteiger partial charge >= 0.3 is 0 Å². The molecule has 0 radical (unpaired) electrons. The van der Waals surface area contributed by atoms with Crippen LogP contribution in [0.4, 0.5) is 0 Å². The van der Waals surface area contributed by atoms with Crippen molar-refractivity contribution in [2.24, 2.45) is 5.92 Å². The van der Waals surface area contributed by atoms with Crippen LogP contribution in [0.25, 0.3) is 11.0 Å². The number of ketones is 1. The van der Waals surface area contributed by atoms with Crippen LogP contribution in [-0.2, 0) is 0 Å². The maximum absolute atomic E-state index is 12.4. The van der Waals surface area contributed by atoms with Gasteiger partial charge in [0, 0.05) is 11.3 Å². The van der Waals surface area contributed by atoms with E-state index in [4.69, 9.17) is 4.42 Å². The molecule has 1 aromatic heterocycles. The van der Waals surface area contributed by atoms with Crippen molar-refractivity contribution in [1.82, 2.24) is 0 Å². The third-order valence-electron chi connectivity index (χ3n) is 3.89. The number of benzene rings is 1. The normalized spacial score (nSPS) is 17.8. The summed E-state index contributed by atoms with van der Waals surface area (Å²) in [5.74, 6) is 0.921. The van der Waals surface area contributed by atoms with E-state index in [2.05, 4.69) is 0 Å². The van der Waals surface area contributed by atoms with Gasteiger partial charge in [-0.05, 0) is 25.0 Å². The fourth-order valence-corrected chi connectivity index (χ4v) is 2.85. The molecule has 0 atom stereocenters. The van der Waals surface area contributed by atoms with Crippen LogP contribution in [0.1, 0.15) is 49.1 Å². The third-order valence-corrected chi connectivity index (χ3v) is 3.89. The second-order valence-corrected chi connectivity index (χ2v) is 5.20. The Hall–Kier alpha value is -1.57. The molecule has 2 aromatic rings. The number of furan rings is 1. The van der Waals surface area contributed by atoms with Gasteiger partial charge in [-0.25, -0.2) is 0 Å².